The van der Waals surface area contributed by atoms with Gasteiger partial charge in [0.2, 0.25) is 0 Å². The summed E-state index contributed by atoms with van der Waals surface area (Å²) in [7, 11) is 1.83. The molecule has 1 unspecified atom stereocenters. The Kier molecular flexibility index (Phi) is 1.74. The van der Waals surface area contributed by atoms with E-state index >= 15 is 0 Å². The van der Waals surface area contributed by atoms with Crippen molar-refractivity contribution in [1.82, 2.24) is 0 Å². The second-order valence-corrected chi connectivity index (χ2v) is 6.75. The first-order valence-corrected chi connectivity index (χ1v) is 6.59. The lowest BCUT2D eigenvalue weighted by atomic mass is 10.1. The van der Waals surface area contributed by atoms with Crippen molar-refractivity contribution in [3.63, 3.8) is 0 Å². The quantitative estimate of drug-likeness (QED) is 0.622. The third kappa shape index (κ3) is 1.32. The average Bonchev–Trinajstić information content (AvgIpc) is 2.42. The summed E-state index contributed by atoms with van der Waals surface area (Å²) < 4.78 is 21.8. The lowest BCUT2D eigenvalue weighted by Gasteiger charge is -2.05. The number of hydrogen-bond acceptors (Lipinski definition) is 3. The van der Waals surface area contributed by atoms with Crippen molar-refractivity contribution in [2.24, 2.45) is 0 Å². The van der Waals surface area contributed by atoms with Crippen LogP contribution in [0.2, 0.25) is 0 Å². The van der Waals surface area contributed by atoms with Gasteiger partial charge in [0.25, 0.3) is 9.05 Å². The number of rotatable bonds is 1. The highest BCUT2D eigenvalue weighted by Crippen LogP contribution is 2.51. The van der Waals surface area contributed by atoms with E-state index < -0.39 is 9.05 Å². The molecule has 0 aromatic carbocycles. The van der Waals surface area contributed by atoms with Crippen molar-refractivity contribution in [2.75, 3.05) is 0 Å². The van der Waals surface area contributed by atoms with Gasteiger partial charge in [-0.15, -0.1) is 11.8 Å². The van der Waals surface area contributed by atoms with E-state index in [1.165, 1.54) is 0 Å². The summed E-state index contributed by atoms with van der Waals surface area (Å²) in [6, 6.07) is 0. The minimum Gasteiger partial charge on any atom is -0.207 e. The summed E-state index contributed by atoms with van der Waals surface area (Å²) in [6.07, 6.45) is 2.69. The van der Waals surface area contributed by atoms with Gasteiger partial charge in [-0.05, 0) is 19.3 Å². The first-order valence-electron chi connectivity index (χ1n) is 3.41. The van der Waals surface area contributed by atoms with E-state index in [4.69, 9.17) is 10.7 Å². The molecule has 0 aliphatic carbocycles. The zero-order chi connectivity index (χ0) is 8.06. The smallest absolute Gasteiger partial charge is 0.207 e. The number of fused-ring (bicyclic) bond motifs is 2. The van der Waals surface area contributed by atoms with Gasteiger partial charge in [-0.25, -0.2) is 8.42 Å². The molecule has 0 spiro atoms. The molecular formula is C6H7ClO2S2. The SMILES string of the molecule is O=S(=O)(Cl)C1=C2CCC(C1)S2. The van der Waals surface area contributed by atoms with Crippen LogP contribution < -0.4 is 0 Å². The van der Waals surface area contributed by atoms with Crippen molar-refractivity contribution in [3.05, 3.63) is 9.81 Å². The molecule has 2 nitrogen and oxygen atoms in total. The minimum absolute atomic E-state index is 0.486. The molecule has 5 heteroatoms. The maximum atomic E-state index is 10.9. The molecular weight excluding hydrogens is 204 g/mol. The van der Waals surface area contributed by atoms with Gasteiger partial charge in [0.05, 0.1) is 4.91 Å². The number of allylic oxidation sites excluding steroid dienone is 2. The first-order chi connectivity index (χ1) is 5.07. The molecule has 62 valence electrons. The zero-order valence-corrected chi connectivity index (χ0v) is 8.10. The monoisotopic (exact) mass is 210 g/mol. The van der Waals surface area contributed by atoms with Crippen LogP contribution in [-0.2, 0) is 9.05 Å². The highest BCUT2D eigenvalue weighted by Gasteiger charge is 2.36. The zero-order valence-electron chi connectivity index (χ0n) is 5.71. The first kappa shape index (κ1) is 7.95. The van der Waals surface area contributed by atoms with Crippen LogP contribution in [-0.4, -0.2) is 13.7 Å². The Hall–Kier alpha value is 0.330. The molecule has 0 saturated carbocycles. The number of halogens is 1. The van der Waals surface area contributed by atoms with E-state index in [1.54, 1.807) is 11.8 Å². The van der Waals surface area contributed by atoms with Gasteiger partial charge in [0.15, 0.2) is 0 Å². The van der Waals surface area contributed by atoms with Crippen LogP contribution in [0.5, 0.6) is 0 Å². The Morgan fingerprint density at radius 1 is 1.55 bits per heavy atom. The molecule has 1 atom stereocenters. The van der Waals surface area contributed by atoms with Gasteiger partial charge in [0.1, 0.15) is 0 Å². The Morgan fingerprint density at radius 3 is 2.55 bits per heavy atom. The highest BCUT2D eigenvalue weighted by molar-refractivity contribution is 8.18. The molecule has 0 radical (unpaired) electrons. The predicted octanol–water partition coefficient (Wildman–Crippen LogP) is 2.07. The fraction of sp³-hybridized carbons (Fsp3) is 0.667. The van der Waals surface area contributed by atoms with E-state index in [1.807, 2.05) is 0 Å². The molecule has 1 saturated heterocycles. The van der Waals surface area contributed by atoms with E-state index in [0.29, 0.717) is 16.6 Å². The molecule has 2 rings (SSSR count). The van der Waals surface area contributed by atoms with Crippen LogP contribution in [0, 0.1) is 0 Å². The van der Waals surface area contributed by atoms with Crippen LogP contribution in [0.25, 0.3) is 0 Å². The van der Waals surface area contributed by atoms with Gasteiger partial charge in [-0.3, -0.25) is 0 Å². The maximum Gasteiger partial charge on any atom is 0.258 e. The number of thioether (sulfide) groups is 1. The van der Waals surface area contributed by atoms with Gasteiger partial charge >= 0.3 is 0 Å². The normalized spacial score (nSPS) is 30.1. The van der Waals surface area contributed by atoms with E-state index in [2.05, 4.69) is 0 Å². The van der Waals surface area contributed by atoms with Crippen LogP contribution in [0.3, 0.4) is 0 Å². The standard InChI is InChI=1S/C6H7ClO2S2/c7-11(8,9)6-3-4-1-2-5(6)10-4/h4H,1-3H2. The van der Waals surface area contributed by atoms with Crippen molar-refractivity contribution in [3.8, 4) is 0 Å². The van der Waals surface area contributed by atoms with Gasteiger partial charge in [-0.1, -0.05) is 0 Å². The Labute approximate surface area is 74.4 Å². The fourth-order valence-corrected chi connectivity index (χ4v) is 4.81. The van der Waals surface area contributed by atoms with Crippen molar-refractivity contribution < 1.29 is 8.42 Å². The maximum absolute atomic E-state index is 10.9. The molecule has 0 amide bonds. The lowest BCUT2D eigenvalue weighted by molar-refractivity contribution is 0.610. The van der Waals surface area contributed by atoms with Crippen LogP contribution in [0.4, 0.5) is 0 Å². The molecule has 2 aliphatic heterocycles. The lowest BCUT2D eigenvalue weighted by Crippen LogP contribution is -2.03. The highest BCUT2D eigenvalue weighted by atomic mass is 35.7. The molecule has 0 aromatic heterocycles. The summed E-state index contributed by atoms with van der Waals surface area (Å²) >= 11 is 1.68. The van der Waals surface area contributed by atoms with Crippen LogP contribution in [0.1, 0.15) is 19.3 Å². The molecule has 0 aromatic rings. The van der Waals surface area contributed by atoms with Gasteiger partial charge in [-0.2, -0.15) is 0 Å². The molecule has 1 fully saturated rings. The summed E-state index contributed by atoms with van der Waals surface area (Å²) in [6.45, 7) is 0. The summed E-state index contributed by atoms with van der Waals surface area (Å²) in [5.41, 5.74) is 0. The van der Waals surface area contributed by atoms with Crippen molar-refractivity contribution >= 4 is 31.5 Å². The fourth-order valence-electron chi connectivity index (χ4n) is 1.52. The molecule has 11 heavy (non-hydrogen) atoms. The third-order valence-corrected chi connectivity index (χ3v) is 5.18. The minimum atomic E-state index is -3.40. The Bertz CT molecular complexity index is 317. The molecule has 2 aliphatic rings. The van der Waals surface area contributed by atoms with Gasteiger partial charge < -0.3 is 0 Å². The Morgan fingerprint density at radius 2 is 2.27 bits per heavy atom. The second-order valence-electron chi connectivity index (χ2n) is 2.77. The predicted molar refractivity (Wildman–Crippen MR) is 47.0 cm³/mol. The van der Waals surface area contributed by atoms with Crippen LogP contribution >= 0.6 is 22.4 Å². The van der Waals surface area contributed by atoms with Crippen molar-refractivity contribution in [1.29, 1.82) is 0 Å². The third-order valence-electron chi connectivity index (χ3n) is 2.02. The summed E-state index contributed by atoms with van der Waals surface area (Å²) in [4.78, 5) is 1.49. The van der Waals surface area contributed by atoms with E-state index in [9.17, 15) is 8.42 Å². The van der Waals surface area contributed by atoms with Crippen LogP contribution in [0.15, 0.2) is 9.81 Å². The summed E-state index contributed by atoms with van der Waals surface area (Å²) in [5.74, 6) is 0. The summed E-state index contributed by atoms with van der Waals surface area (Å²) in [5, 5.41) is 0.494. The molecule has 2 bridgehead atoms. The number of hydrogen-bond donors (Lipinski definition) is 0. The van der Waals surface area contributed by atoms with Crippen molar-refractivity contribution in [2.45, 2.75) is 24.5 Å². The average molecular weight is 211 g/mol. The largest absolute Gasteiger partial charge is 0.258 e. The Balaban J connectivity index is 2.43. The second kappa shape index (κ2) is 2.41. The van der Waals surface area contributed by atoms with E-state index in [-0.39, 0.29) is 0 Å². The topological polar surface area (TPSA) is 34.1 Å². The van der Waals surface area contributed by atoms with E-state index in [0.717, 1.165) is 17.7 Å². The van der Waals surface area contributed by atoms with Gasteiger partial charge in [0, 0.05) is 20.8 Å². The molecule has 2 heterocycles. The molecule has 0 N–H and O–H groups in total.